The molecular weight excluding hydrogens is 358 g/mol. The standard InChI is InChI=1S/C21H27N3O2S/c1-16-3-4-19(11-17(16)2)13-24-10-9-23(12-18-5-7-22-8-6-18)20-14-27(25,26)15-21(20)24/h3-8,11,20-21H,9-10,12-15H2,1-2H3/t20-,21+/m1/s1. The van der Waals surface area contributed by atoms with Crippen LogP contribution in [0.5, 0.6) is 0 Å². The zero-order valence-electron chi connectivity index (χ0n) is 16.0. The zero-order valence-corrected chi connectivity index (χ0v) is 16.8. The number of sulfone groups is 1. The lowest BCUT2D eigenvalue weighted by atomic mass is 10.0. The fourth-order valence-corrected chi connectivity index (χ4v) is 6.39. The average molecular weight is 386 g/mol. The molecule has 2 aromatic rings. The van der Waals surface area contributed by atoms with Crippen LogP contribution in [0.15, 0.2) is 42.7 Å². The Morgan fingerprint density at radius 2 is 1.48 bits per heavy atom. The Hall–Kier alpha value is -1.76. The lowest BCUT2D eigenvalue weighted by molar-refractivity contribution is 0.0355. The minimum absolute atomic E-state index is 0.0726. The number of fused-ring (bicyclic) bond motifs is 1. The number of hydrogen-bond acceptors (Lipinski definition) is 5. The topological polar surface area (TPSA) is 53.5 Å². The van der Waals surface area contributed by atoms with E-state index in [-0.39, 0.29) is 23.6 Å². The highest BCUT2D eigenvalue weighted by molar-refractivity contribution is 7.91. The first kappa shape index (κ1) is 18.6. The van der Waals surface area contributed by atoms with E-state index >= 15 is 0 Å². The van der Waals surface area contributed by atoms with Crippen LogP contribution in [-0.2, 0) is 22.9 Å². The second kappa shape index (κ2) is 7.34. The fourth-order valence-electron chi connectivity index (χ4n) is 4.35. The van der Waals surface area contributed by atoms with Crippen molar-refractivity contribution in [3.63, 3.8) is 0 Å². The second-order valence-electron chi connectivity index (χ2n) is 7.93. The first-order chi connectivity index (χ1) is 12.9. The van der Waals surface area contributed by atoms with Gasteiger partial charge in [-0.15, -0.1) is 0 Å². The molecule has 2 aliphatic rings. The van der Waals surface area contributed by atoms with Gasteiger partial charge in [-0.05, 0) is 48.2 Å². The van der Waals surface area contributed by atoms with Crippen molar-refractivity contribution in [2.24, 2.45) is 0 Å². The number of aryl methyl sites for hydroxylation is 2. The van der Waals surface area contributed by atoms with Gasteiger partial charge in [-0.3, -0.25) is 14.8 Å². The molecule has 6 heteroatoms. The maximum absolute atomic E-state index is 12.4. The van der Waals surface area contributed by atoms with Gasteiger partial charge in [0.1, 0.15) is 0 Å². The van der Waals surface area contributed by atoms with Gasteiger partial charge < -0.3 is 0 Å². The first-order valence-electron chi connectivity index (χ1n) is 9.55. The van der Waals surface area contributed by atoms with E-state index in [1.165, 1.54) is 22.3 Å². The third kappa shape index (κ3) is 4.08. The van der Waals surface area contributed by atoms with E-state index in [9.17, 15) is 8.42 Å². The number of hydrogen-bond donors (Lipinski definition) is 0. The van der Waals surface area contributed by atoms with Crippen LogP contribution in [0.2, 0.25) is 0 Å². The average Bonchev–Trinajstić information content (AvgIpc) is 2.97. The smallest absolute Gasteiger partial charge is 0.153 e. The van der Waals surface area contributed by atoms with E-state index in [1.807, 2.05) is 12.1 Å². The van der Waals surface area contributed by atoms with Crippen molar-refractivity contribution < 1.29 is 8.42 Å². The van der Waals surface area contributed by atoms with Crippen molar-refractivity contribution >= 4 is 9.84 Å². The van der Waals surface area contributed by atoms with Crippen LogP contribution in [-0.4, -0.2) is 59.9 Å². The molecular formula is C21H27N3O2S. The van der Waals surface area contributed by atoms with E-state index in [4.69, 9.17) is 0 Å². The molecule has 0 unspecified atom stereocenters. The highest BCUT2D eigenvalue weighted by Crippen LogP contribution is 2.29. The third-order valence-electron chi connectivity index (χ3n) is 6.00. The molecule has 0 saturated carbocycles. The van der Waals surface area contributed by atoms with Crippen LogP contribution < -0.4 is 0 Å². The fraction of sp³-hybridized carbons (Fsp3) is 0.476. The van der Waals surface area contributed by atoms with E-state index in [2.05, 4.69) is 46.8 Å². The Kier molecular flexibility index (Phi) is 5.05. The predicted molar refractivity (Wildman–Crippen MR) is 107 cm³/mol. The van der Waals surface area contributed by atoms with Gasteiger partial charge >= 0.3 is 0 Å². The van der Waals surface area contributed by atoms with Gasteiger partial charge in [0.15, 0.2) is 9.84 Å². The van der Waals surface area contributed by atoms with E-state index in [1.54, 1.807) is 12.4 Å². The Morgan fingerprint density at radius 3 is 2.07 bits per heavy atom. The lowest BCUT2D eigenvalue weighted by Crippen LogP contribution is -2.58. The molecule has 3 heterocycles. The molecule has 2 fully saturated rings. The summed E-state index contributed by atoms with van der Waals surface area (Å²) in [4.78, 5) is 8.80. The number of rotatable bonds is 4. The third-order valence-corrected chi connectivity index (χ3v) is 7.70. The summed E-state index contributed by atoms with van der Waals surface area (Å²) in [7, 11) is -2.99. The maximum atomic E-state index is 12.4. The van der Waals surface area contributed by atoms with Crippen molar-refractivity contribution in [1.82, 2.24) is 14.8 Å². The molecule has 144 valence electrons. The van der Waals surface area contributed by atoms with Gasteiger partial charge in [-0.2, -0.15) is 0 Å². The molecule has 2 aliphatic heterocycles. The number of pyridine rings is 1. The van der Waals surface area contributed by atoms with Gasteiger partial charge in [0.2, 0.25) is 0 Å². The summed E-state index contributed by atoms with van der Waals surface area (Å²) in [6.07, 6.45) is 3.60. The minimum atomic E-state index is -2.99. The molecule has 1 aromatic carbocycles. The molecule has 0 aliphatic carbocycles. The highest BCUT2D eigenvalue weighted by atomic mass is 32.2. The molecule has 4 rings (SSSR count). The normalized spacial score (nSPS) is 25.4. The highest BCUT2D eigenvalue weighted by Gasteiger charge is 2.46. The molecule has 1 aromatic heterocycles. The quantitative estimate of drug-likeness (QED) is 0.808. The summed E-state index contributed by atoms with van der Waals surface area (Å²) in [6.45, 7) is 7.65. The Balaban J connectivity index is 1.53. The maximum Gasteiger partial charge on any atom is 0.153 e. The Morgan fingerprint density at radius 1 is 0.889 bits per heavy atom. The van der Waals surface area contributed by atoms with Gasteiger partial charge in [-0.1, -0.05) is 18.2 Å². The Bertz CT molecular complexity index is 914. The minimum Gasteiger partial charge on any atom is -0.292 e. The molecule has 0 N–H and O–H groups in total. The van der Waals surface area contributed by atoms with Crippen LogP contribution in [0.4, 0.5) is 0 Å². The number of nitrogens with zero attached hydrogens (tertiary/aromatic N) is 3. The number of piperazine rings is 1. The summed E-state index contributed by atoms with van der Waals surface area (Å²) in [6, 6.07) is 10.7. The SMILES string of the molecule is Cc1ccc(CN2CCN(Cc3ccncc3)[C@@H]3CS(=O)(=O)C[C@@H]32)cc1C. The molecule has 0 amide bonds. The lowest BCUT2D eigenvalue weighted by Gasteiger charge is -2.44. The zero-order chi connectivity index (χ0) is 19.0. The molecule has 0 bridgehead atoms. The Labute approximate surface area is 161 Å². The van der Waals surface area contributed by atoms with Crippen LogP contribution in [0.1, 0.15) is 22.3 Å². The summed E-state index contributed by atoms with van der Waals surface area (Å²) >= 11 is 0. The van der Waals surface area contributed by atoms with Gasteiger partial charge in [0.25, 0.3) is 0 Å². The largest absolute Gasteiger partial charge is 0.292 e. The van der Waals surface area contributed by atoms with Crippen LogP contribution in [0, 0.1) is 13.8 Å². The molecule has 27 heavy (non-hydrogen) atoms. The first-order valence-corrected chi connectivity index (χ1v) is 11.4. The molecule has 5 nitrogen and oxygen atoms in total. The molecule has 2 saturated heterocycles. The second-order valence-corrected chi connectivity index (χ2v) is 10.1. The summed E-state index contributed by atoms with van der Waals surface area (Å²) < 4.78 is 24.9. The van der Waals surface area contributed by atoms with Crippen molar-refractivity contribution in [3.8, 4) is 0 Å². The van der Waals surface area contributed by atoms with Gasteiger partial charge in [0, 0.05) is 50.7 Å². The molecule has 0 spiro atoms. The van der Waals surface area contributed by atoms with Crippen molar-refractivity contribution in [3.05, 3.63) is 65.0 Å². The number of benzene rings is 1. The molecule has 0 radical (unpaired) electrons. The molecule has 2 atom stereocenters. The summed E-state index contributed by atoms with van der Waals surface area (Å²) in [5.74, 6) is 0.543. The van der Waals surface area contributed by atoms with Gasteiger partial charge in [0.05, 0.1) is 11.5 Å². The summed E-state index contributed by atoms with van der Waals surface area (Å²) in [5, 5.41) is 0. The van der Waals surface area contributed by atoms with Crippen LogP contribution in [0.3, 0.4) is 0 Å². The van der Waals surface area contributed by atoms with E-state index in [0.29, 0.717) is 0 Å². The van der Waals surface area contributed by atoms with Gasteiger partial charge in [-0.25, -0.2) is 8.42 Å². The van der Waals surface area contributed by atoms with Crippen molar-refractivity contribution in [1.29, 1.82) is 0 Å². The predicted octanol–water partition coefficient (Wildman–Crippen LogP) is 2.18. The van der Waals surface area contributed by atoms with Crippen molar-refractivity contribution in [2.75, 3.05) is 24.6 Å². The van der Waals surface area contributed by atoms with E-state index < -0.39 is 9.84 Å². The monoisotopic (exact) mass is 385 g/mol. The summed E-state index contributed by atoms with van der Waals surface area (Å²) in [5.41, 5.74) is 5.04. The van der Waals surface area contributed by atoms with Crippen LogP contribution in [0.25, 0.3) is 0 Å². The van der Waals surface area contributed by atoms with Crippen LogP contribution >= 0.6 is 0 Å². The number of aromatic nitrogens is 1. The van der Waals surface area contributed by atoms with Crippen molar-refractivity contribution in [2.45, 2.75) is 39.0 Å². The van der Waals surface area contributed by atoms with E-state index in [0.717, 1.165) is 26.2 Å².